The lowest BCUT2D eigenvalue weighted by molar-refractivity contribution is -0.141. The Kier molecular flexibility index (Phi) is 4.09. The maximum atomic E-state index is 11.0. The minimum absolute atomic E-state index is 0.367. The van der Waals surface area contributed by atoms with Gasteiger partial charge in [0.1, 0.15) is 0 Å². The fourth-order valence-electron chi connectivity index (χ4n) is 1.46. The summed E-state index contributed by atoms with van der Waals surface area (Å²) in [5, 5.41) is 11.4. The molecule has 0 saturated carbocycles. The molecule has 0 radical (unpaired) electrons. The quantitative estimate of drug-likeness (QED) is 0.818. The van der Waals surface area contributed by atoms with Crippen LogP contribution in [-0.4, -0.2) is 31.1 Å². The molecule has 0 heterocycles. The summed E-state index contributed by atoms with van der Waals surface area (Å²) in [7, 11) is 3.80. The number of anilines is 1. The van der Waals surface area contributed by atoms with Crippen molar-refractivity contribution in [2.45, 2.75) is 13.0 Å². The second-order valence-electron chi connectivity index (χ2n) is 3.96. The zero-order valence-electron chi connectivity index (χ0n) is 10.1. The fraction of sp³-hybridized carbons (Fsp3) is 0.333. The van der Waals surface area contributed by atoms with Gasteiger partial charge in [0.15, 0.2) is 6.04 Å². The fourth-order valence-corrected chi connectivity index (χ4v) is 1.46. The third kappa shape index (κ3) is 3.48. The number of hydrogen-bond acceptors (Lipinski definition) is 3. The second-order valence-corrected chi connectivity index (χ2v) is 3.96. The van der Waals surface area contributed by atoms with E-state index in [4.69, 9.17) is 5.11 Å². The molecule has 0 bridgehead atoms. The van der Waals surface area contributed by atoms with Crippen LogP contribution in [-0.2, 0) is 9.59 Å². The third-order valence-corrected chi connectivity index (χ3v) is 2.34. The Morgan fingerprint density at radius 1 is 1.24 bits per heavy atom. The number of benzene rings is 1. The summed E-state index contributed by atoms with van der Waals surface area (Å²) >= 11 is 0. The van der Waals surface area contributed by atoms with Crippen LogP contribution in [0.3, 0.4) is 0 Å². The number of rotatable bonds is 4. The Hall–Kier alpha value is -2.04. The molecule has 0 aliphatic heterocycles. The molecule has 0 aliphatic carbocycles. The lowest BCUT2D eigenvalue weighted by atomic mass is 10.1. The van der Waals surface area contributed by atoms with Crippen LogP contribution in [0.4, 0.5) is 5.69 Å². The molecule has 17 heavy (non-hydrogen) atoms. The van der Waals surface area contributed by atoms with Crippen molar-refractivity contribution in [3.63, 3.8) is 0 Å². The number of hydrogen-bond donors (Lipinski definition) is 2. The highest BCUT2D eigenvalue weighted by Gasteiger charge is 2.20. The van der Waals surface area contributed by atoms with Crippen molar-refractivity contribution in [1.82, 2.24) is 5.32 Å². The first-order valence-electron chi connectivity index (χ1n) is 5.19. The number of aliphatic carboxylic acids is 1. The number of amides is 1. The van der Waals surface area contributed by atoms with E-state index in [0.717, 1.165) is 5.69 Å². The lowest BCUT2D eigenvalue weighted by Gasteiger charge is -2.16. The van der Waals surface area contributed by atoms with E-state index >= 15 is 0 Å². The van der Waals surface area contributed by atoms with Crippen molar-refractivity contribution >= 4 is 17.6 Å². The topological polar surface area (TPSA) is 69.6 Å². The first-order valence-corrected chi connectivity index (χ1v) is 5.19. The van der Waals surface area contributed by atoms with E-state index in [-0.39, 0.29) is 5.91 Å². The van der Waals surface area contributed by atoms with Crippen LogP contribution in [0.5, 0.6) is 0 Å². The second kappa shape index (κ2) is 5.34. The Labute approximate surface area is 100 Å². The standard InChI is InChI=1S/C12H16N2O3/c1-8(15)13-11(12(16)17)9-4-6-10(7-5-9)14(2)3/h4-7,11H,1-3H3,(H,13,15)(H,16,17). The molecule has 0 fully saturated rings. The van der Waals surface area contributed by atoms with Gasteiger partial charge in [0.2, 0.25) is 5.91 Å². The molecule has 5 nitrogen and oxygen atoms in total. The van der Waals surface area contributed by atoms with Crippen LogP contribution < -0.4 is 10.2 Å². The molecule has 0 aromatic heterocycles. The Bertz CT molecular complexity index is 412. The predicted octanol–water partition coefficient (Wildman–Crippen LogP) is 1.01. The number of nitrogens with one attached hydrogen (secondary N) is 1. The molecule has 5 heteroatoms. The maximum Gasteiger partial charge on any atom is 0.330 e. The number of carbonyl (C=O) groups excluding carboxylic acids is 1. The molecule has 1 aromatic carbocycles. The van der Waals surface area contributed by atoms with Gasteiger partial charge >= 0.3 is 5.97 Å². The summed E-state index contributed by atoms with van der Waals surface area (Å²) in [6, 6.07) is 6.03. The highest BCUT2D eigenvalue weighted by Crippen LogP contribution is 2.18. The van der Waals surface area contributed by atoms with Gasteiger partial charge in [-0.15, -0.1) is 0 Å². The molecule has 1 amide bonds. The van der Waals surface area contributed by atoms with Crippen molar-refractivity contribution in [3.05, 3.63) is 29.8 Å². The summed E-state index contributed by atoms with van der Waals surface area (Å²) in [4.78, 5) is 23.9. The first-order chi connectivity index (χ1) is 7.91. The highest BCUT2D eigenvalue weighted by atomic mass is 16.4. The Morgan fingerprint density at radius 3 is 2.12 bits per heavy atom. The van der Waals surface area contributed by atoms with Crippen LogP contribution in [0.1, 0.15) is 18.5 Å². The monoisotopic (exact) mass is 236 g/mol. The third-order valence-electron chi connectivity index (χ3n) is 2.34. The van der Waals surface area contributed by atoms with Crippen molar-refractivity contribution in [1.29, 1.82) is 0 Å². The molecular weight excluding hydrogens is 220 g/mol. The van der Waals surface area contributed by atoms with Gasteiger partial charge in [-0.1, -0.05) is 12.1 Å². The highest BCUT2D eigenvalue weighted by molar-refractivity contribution is 5.83. The molecule has 0 saturated heterocycles. The largest absolute Gasteiger partial charge is 0.479 e. The minimum Gasteiger partial charge on any atom is -0.479 e. The van der Waals surface area contributed by atoms with Crippen LogP contribution in [0, 0.1) is 0 Å². The van der Waals surface area contributed by atoms with Crippen molar-refractivity contribution < 1.29 is 14.7 Å². The van der Waals surface area contributed by atoms with E-state index in [9.17, 15) is 9.59 Å². The van der Waals surface area contributed by atoms with Gasteiger partial charge in [0.25, 0.3) is 0 Å². The summed E-state index contributed by atoms with van der Waals surface area (Å²) in [5.41, 5.74) is 1.53. The van der Waals surface area contributed by atoms with E-state index < -0.39 is 12.0 Å². The number of carboxylic acid groups (broad SMARTS) is 1. The minimum atomic E-state index is -1.07. The summed E-state index contributed by atoms with van der Waals surface area (Å²) in [6.45, 7) is 1.30. The predicted molar refractivity (Wildman–Crippen MR) is 65.0 cm³/mol. The SMILES string of the molecule is CC(=O)NC(C(=O)O)c1ccc(N(C)C)cc1. The van der Waals surface area contributed by atoms with Gasteiger partial charge in [-0.3, -0.25) is 4.79 Å². The van der Waals surface area contributed by atoms with Gasteiger partial charge in [-0.2, -0.15) is 0 Å². The smallest absolute Gasteiger partial charge is 0.330 e. The molecule has 0 aliphatic rings. The van der Waals surface area contributed by atoms with Crippen molar-refractivity contribution in [3.8, 4) is 0 Å². The normalized spacial score (nSPS) is 11.7. The summed E-state index contributed by atoms with van der Waals surface area (Å²) in [6.07, 6.45) is 0. The molecule has 1 unspecified atom stereocenters. The first kappa shape index (κ1) is 13.0. The van der Waals surface area contributed by atoms with E-state index in [1.807, 2.05) is 31.1 Å². The molecule has 1 atom stereocenters. The molecule has 2 N–H and O–H groups in total. The molecular formula is C12H16N2O3. The molecule has 0 spiro atoms. The van der Waals surface area contributed by atoms with E-state index in [2.05, 4.69) is 5.32 Å². The van der Waals surface area contributed by atoms with Crippen LogP contribution in [0.15, 0.2) is 24.3 Å². The van der Waals surface area contributed by atoms with E-state index in [1.165, 1.54) is 6.92 Å². The Morgan fingerprint density at radius 2 is 1.76 bits per heavy atom. The van der Waals surface area contributed by atoms with Gasteiger partial charge in [-0.05, 0) is 17.7 Å². The van der Waals surface area contributed by atoms with Crippen LogP contribution in [0.25, 0.3) is 0 Å². The maximum absolute atomic E-state index is 11.0. The van der Waals surface area contributed by atoms with Crippen molar-refractivity contribution in [2.75, 3.05) is 19.0 Å². The van der Waals surface area contributed by atoms with Crippen LogP contribution in [0.2, 0.25) is 0 Å². The zero-order chi connectivity index (χ0) is 13.0. The van der Waals surface area contributed by atoms with Crippen LogP contribution >= 0.6 is 0 Å². The molecule has 92 valence electrons. The van der Waals surface area contributed by atoms with Gasteiger partial charge < -0.3 is 15.3 Å². The van der Waals surface area contributed by atoms with Gasteiger partial charge in [-0.25, -0.2) is 4.79 Å². The van der Waals surface area contributed by atoms with Crippen molar-refractivity contribution in [2.24, 2.45) is 0 Å². The number of carboxylic acids is 1. The number of carbonyl (C=O) groups is 2. The van der Waals surface area contributed by atoms with Gasteiger partial charge in [0.05, 0.1) is 0 Å². The zero-order valence-corrected chi connectivity index (χ0v) is 10.1. The lowest BCUT2D eigenvalue weighted by Crippen LogP contribution is -2.31. The van der Waals surface area contributed by atoms with Gasteiger partial charge in [0, 0.05) is 26.7 Å². The molecule has 1 rings (SSSR count). The average molecular weight is 236 g/mol. The Balaban J connectivity index is 2.95. The summed E-state index contributed by atoms with van der Waals surface area (Å²) < 4.78 is 0. The van der Waals surface area contributed by atoms with E-state index in [0.29, 0.717) is 5.56 Å². The average Bonchev–Trinajstić information content (AvgIpc) is 2.25. The number of nitrogens with zero attached hydrogens (tertiary/aromatic N) is 1. The molecule has 1 aromatic rings. The van der Waals surface area contributed by atoms with E-state index in [1.54, 1.807) is 12.1 Å². The summed E-state index contributed by atoms with van der Waals surface area (Å²) in [5.74, 6) is -1.44.